The minimum atomic E-state index is -0.351. The molecular formula is C20H29N3O5. The van der Waals surface area contributed by atoms with Crippen molar-refractivity contribution in [3.05, 3.63) is 23.8 Å². The van der Waals surface area contributed by atoms with Crippen LogP contribution in [-0.4, -0.2) is 71.9 Å². The first kappa shape index (κ1) is 20.4. The second-order valence-corrected chi connectivity index (χ2v) is 7.36. The van der Waals surface area contributed by atoms with E-state index in [9.17, 15) is 14.8 Å². The second kappa shape index (κ2) is 9.75. The number of piperazine rings is 1. The average Bonchev–Trinajstić information content (AvgIpc) is 3.19. The molecule has 1 aromatic carbocycles. The zero-order chi connectivity index (χ0) is 19.9. The second-order valence-electron chi connectivity index (χ2n) is 7.36. The molecular weight excluding hydrogens is 362 g/mol. The molecule has 8 heteroatoms. The van der Waals surface area contributed by atoms with E-state index >= 15 is 0 Å². The van der Waals surface area contributed by atoms with E-state index in [-0.39, 0.29) is 25.2 Å². The van der Waals surface area contributed by atoms with Crippen molar-refractivity contribution in [1.82, 2.24) is 14.9 Å². The molecule has 0 aromatic heterocycles. The Hall–Kier alpha value is -2.32. The van der Waals surface area contributed by atoms with Crippen molar-refractivity contribution in [2.45, 2.75) is 32.7 Å². The molecule has 1 saturated heterocycles. The molecule has 2 aliphatic rings. The Morgan fingerprint density at radius 3 is 2.71 bits per heavy atom. The summed E-state index contributed by atoms with van der Waals surface area (Å²) in [5.74, 6) is 1.24. The number of hydrogen-bond acceptors (Lipinski definition) is 6. The van der Waals surface area contributed by atoms with Gasteiger partial charge >= 0.3 is 0 Å². The highest BCUT2D eigenvalue weighted by atomic mass is 16.7. The Morgan fingerprint density at radius 2 is 2.00 bits per heavy atom. The Balaban J connectivity index is 1.51. The molecule has 28 heavy (non-hydrogen) atoms. The Bertz CT molecular complexity index is 676. The number of carbonyl (C=O) groups excluding carboxylic acids is 2. The van der Waals surface area contributed by atoms with Crippen LogP contribution in [0.5, 0.6) is 11.5 Å². The maximum Gasteiger partial charge on any atom is 0.233 e. The smallest absolute Gasteiger partial charge is 0.233 e. The van der Waals surface area contributed by atoms with Crippen LogP contribution in [0.2, 0.25) is 0 Å². The van der Waals surface area contributed by atoms with Crippen LogP contribution in [0.1, 0.15) is 31.7 Å². The lowest BCUT2D eigenvalue weighted by atomic mass is 9.99. The van der Waals surface area contributed by atoms with Gasteiger partial charge in [-0.05, 0) is 24.1 Å². The van der Waals surface area contributed by atoms with Gasteiger partial charge in [0.25, 0.3) is 0 Å². The number of rotatable bonds is 9. The van der Waals surface area contributed by atoms with Gasteiger partial charge in [0.15, 0.2) is 11.5 Å². The van der Waals surface area contributed by atoms with E-state index in [1.165, 1.54) is 0 Å². The molecule has 1 fully saturated rings. The molecule has 0 spiro atoms. The molecule has 3 rings (SSSR count). The molecule has 1 aromatic rings. The third-order valence-electron chi connectivity index (χ3n) is 5.31. The Morgan fingerprint density at radius 1 is 1.25 bits per heavy atom. The zero-order valence-electron chi connectivity index (χ0n) is 16.4. The first-order valence-electron chi connectivity index (χ1n) is 9.91. The van der Waals surface area contributed by atoms with Gasteiger partial charge in [0.2, 0.25) is 19.1 Å². The minimum Gasteiger partial charge on any atom is -0.454 e. The fraction of sp³-hybridized carbons (Fsp3) is 0.600. The number of unbranched alkanes of at least 4 members (excludes halogenated alkanes) is 1. The van der Waals surface area contributed by atoms with Gasteiger partial charge in [-0.1, -0.05) is 25.8 Å². The summed E-state index contributed by atoms with van der Waals surface area (Å²) in [6.45, 7) is 6.07. The Kier molecular flexibility index (Phi) is 7.11. The van der Waals surface area contributed by atoms with Crippen molar-refractivity contribution in [1.29, 1.82) is 0 Å². The molecule has 1 N–H and O–H groups in total. The standard InChI is InChI=1S/C20H29N3O5/c1-2-3-4-17(13-23(26)14-24)20(25)22-9-7-21(8-10-22)12-16-5-6-18-19(11-16)28-15-27-18/h5-6,11,14,17,26H,2-4,7-10,12-13,15H2,1H3/t17-/m1/s1. The van der Waals surface area contributed by atoms with Crippen LogP contribution in [0.4, 0.5) is 0 Å². The summed E-state index contributed by atoms with van der Waals surface area (Å²) < 4.78 is 10.8. The van der Waals surface area contributed by atoms with Crippen LogP contribution in [0.25, 0.3) is 0 Å². The lowest BCUT2D eigenvalue weighted by Crippen LogP contribution is -2.51. The molecule has 0 saturated carbocycles. The first-order valence-corrected chi connectivity index (χ1v) is 9.91. The maximum atomic E-state index is 12.9. The van der Waals surface area contributed by atoms with E-state index in [4.69, 9.17) is 9.47 Å². The van der Waals surface area contributed by atoms with Gasteiger partial charge < -0.3 is 14.4 Å². The fourth-order valence-corrected chi connectivity index (χ4v) is 3.69. The third-order valence-corrected chi connectivity index (χ3v) is 5.31. The third kappa shape index (κ3) is 5.14. The largest absolute Gasteiger partial charge is 0.454 e. The van der Waals surface area contributed by atoms with E-state index in [0.29, 0.717) is 31.0 Å². The van der Waals surface area contributed by atoms with Crippen molar-refractivity contribution < 1.29 is 24.3 Å². The van der Waals surface area contributed by atoms with E-state index in [1.807, 2.05) is 23.1 Å². The summed E-state index contributed by atoms with van der Waals surface area (Å²) in [7, 11) is 0. The van der Waals surface area contributed by atoms with E-state index in [2.05, 4.69) is 11.8 Å². The molecule has 0 unspecified atom stereocenters. The average molecular weight is 391 g/mol. The summed E-state index contributed by atoms with van der Waals surface area (Å²) >= 11 is 0. The van der Waals surface area contributed by atoms with Crippen molar-refractivity contribution in [3.63, 3.8) is 0 Å². The summed E-state index contributed by atoms with van der Waals surface area (Å²) in [6.07, 6.45) is 2.90. The van der Waals surface area contributed by atoms with Gasteiger partial charge in [0.05, 0.1) is 12.5 Å². The van der Waals surface area contributed by atoms with Crippen molar-refractivity contribution in [3.8, 4) is 11.5 Å². The molecule has 2 aliphatic heterocycles. The van der Waals surface area contributed by atoms with Crippen LogP contribution >= 0.6 is 0 Å². The van der Waals surface area contributed by atoms with Gasteiger partial charge in [0, 0.05) is 32.7 Å². The quantitative estimate of drug-likeness (QED) is 0.392. The van der Waals surface area contributed by atoms with Gasteiger partial charge in [-0.3, -0.25) is 19.7 Å². The number of hydrogen-bond donors (Lipinski definition) is 1. The highest BCUT2D eigenvalue weighted by molar-refractivity contribution is 5.79. The summed E-state index contributed by atoms with van der Waals surface area (Å²) in [5.41, 5.74) is 1.16. The number of carbonyl (C=O) groups is 2. The molecule has 2 amide bonds. The summed E-state index contributed by atoms with van der Waals surface area (Å²) in [6, 6.07) is 5.99. The van der Waals surface area contributed by atoms with Crippen LogP contribution in [0, 0.1) is 5.92 Å². The van der Waals surface area contributed by atoms with Crippen LogP contribution in [0.15, 0.2) is 18.2 Å². The summed E-state index contributed by atoms with van der Waals surface area (Å²) in [4.78, 5) is 27.8. The molecule has 0 radical (unpaired) electrons. The van der Waals surface area contributed by atoms with Crippen molar-refractivity contribution in [2.24, 2.45) is 5.92 Å². The SMILES string of the molecule is CCCC[C@H](CN(O)C=O)C(=O)N1CCN(Cc2ccc3c(c2)OCO3)CC1. The van der Waals surface area contributed by atoms with Crippen LogP contribution in [0.3, 0.4) is 0 Å². The monoisotopic (exact) mass is 391 g/mol. The minimum absolute atomic E-state index is 0.0251. The molecule has 8 nitrogen and oxygen atoms in total. The Labute approximate surface area is 165 Å². The lowest BCUT2D eigenvalue weighted by molar-refractivity contribution is -0.157. The maximum absolute atomic E-state index is 12.9. The van der Waals surface area contributed by atoms with E-state index in [1.54, 1.807) is 0 Å². The van der Waals surface area contributed by atoms with Crippen LogP contribution in [-0.2, 0) is 16.1 Å². The number of benzene rings is 1. The first-order chi connectivity index (χ1) is 13.6. The lowest BCUT2D eigenvalue weighted by Gasteiger charge is -2.36. The number of ether oxygens (including phenoxy) is 2. The molecule has 154 valence electrons. The predicted molar refractivity (Wildman–Crippen MR) is 102 cm³/mol. The van der Waals surface area contributed by atoms with E-state index < -0.39 is 0 Å². The topological polar surface area (TPSA) is 82.6 Å². The zero-order valence-corrected chi connectivity index (χ0v) is 16.4. The molecule has 0 bridgehead atoms. The number of fused-ring (bicyclic) bond motifs is 1. The van der Waals surface area contributed by atoms with Gasteiger partial charge in [-0.15, -0.1) is 0 Å². The highest BCUT2D eigenvalue weighted by Gasteiger charge is 2.28. The molecule has 1 atom stereocenters. The van der Waals surface area contributed by atoms with Crippen molar-refractivity contribution in [2.75, 3.05) is 39.5 Å². The predicted octanol–water partition coefficient (Wildman–Crippen LogP) is 1.71. The van der Waals surface area contributed by atoms with E-state index in [0.717, 1.165) is 49.5 Å². The fourth-order valence-electron chi connectivity index (χ4n) is 3.69. The number of amides is 2. The van der Waals surface area contributed by atoms with Gasteiger partial charge in [-0.25, -0.2) is 5.06 Å². The van der Waals surface area contributed by atoms with Crippen LogP contribution < -0.4 is 9.47 Å². The number of nitrogens with zero attached hydrogens (tertiary/aromatic N) is 3. The van der Waals surface area contributed by atoms with Gasteiger partial charge in [-0.2, -0.15) is 0 Å². The molecule has 2 heterocycles. The van der Waals surface area contributed by atoms with Gasteiger partial charge in [0.1, 0.15) is 0 Å². The molecule has 0 aliphatic carbocycles. The summed E-state index contributed by atoms with van der Waals surface area (Å²) in [5, 5.41) is 10.1. The highest BCUT2D eigenvalue weighted by Crippen LogP contribution is 2.32. The van der Waals surface area contributed by atoms with Crippen molar-refractivity contribution >= 4 is 12.3 Å². The number of hydroxylamine groups is 2. The normalized spacial score (nSPS) is 17.4.